The lowest BCUT2D eigenvalue weighted by molar-refractivity contribution is -0.152. The van der Waals surface area contributed by atoms with Gasteiger partial charge in [0.15, 0.2) is 0 Å². The minimum Gasteiger partial charge on any atom is -0.279 e. The molecule has 0 aliphatic carbocycles. The van der Waals surface area contributed by atoms with Crippen LogP contribution in [-0.4, -0.2) is 38.8 Å². The highest BCUT2D eigenvalue weighted by atomic mass is 19.4. The van der Waals surface area contributed by atoms with Crippen LogP contribution >= 0.6 is 0 Å². The van der Waals surface area contributed by atoms with E-state index in [1.807, 2.05) is 0 Å². The smallest absolute Gasteiger partial charge is 0.279 e. The van der Waals surface area contributed by atoms with E-state index in [4.69, 9.17) is 0 Å². The van der Waals surface area contributed by atoms with Crippen molar-refractivity contribution in [2.75, 3.05) is 11.4 Å². The lowest BCUT2D eigenvalue weighted by Gasteiger charge is -2.25. The number of aromatic nitrogens is 4. The fourth-order valence-electron chi connectivity index (χ4n) is 1.52. The van der Waals surface area contributed by atoms with Crippen LogP contribution in [0.25, 0.3) is 0 Å². The van der Waals surface area contributed by atoms with Crippen LogP contribution in [0.3, 0.4) is 0 Å². The van der Waals surface area contributed by atoms with Crippen molar-refractivity contribution in [1.82, 2.24) is 20.2 Å². The zero-order valence-electron chi connectivity index (χ0n) is 8.11. The number of carbonyl (C=O) groups is 1. The van der Waals surface area contributed by atoms with Crippen molar-refractivity contribution in [3.8, 4) is 0 Å². The number of fused-ring (bicyclic) bond motifs is 1. The summed E-state index contributed by atoms with van der Waals surface area (Å²) in [5, 5.41) is 10.4. The standard InChI is InChI=1S/C7H8F3N5O/c8-7(9,10)4-5(16)14-2-1-3-15-6(14)11-12-13-15/h1-4H2. The first-order valence-electron chi connectivity index (χ1n) is 4.61. The number of hydrogen-bond acceptors (Lipinski definition) is 4. The van der Waals surface area contributed by atoms with Crippen LogP contribution in [0.4, 0.5) is 19.1 Å². The van der Waals surface area contributed by atoms with Gasteiger partial charge in [0.25, 0.3) is 5.95 Å². The first kappa shape index (κ1) is 10.8. The number of tetrazole rings is 1. The normalized spacial score (nSPS) is 16.1. The minimum atomic E-state index is -4.51. The number of amides is 1. The van der Waals surface area contributed by atoms with Gasteiger partial charge in [-0.25, -0.2) is 4.68 Å². The molecule has 1 aliphatic heterocycles. The highest BCUT2D eigenvalue weighted by molar-refractivity contribution is 5.92. The predicted molar refractivity (Wildman–Crippen MR) is 45.5 cm³/mol. The molecule has 2 rings (SSSR count). The molecule has 0 saturated heterocycles. The van der Waals surface area contributed by atoms with Gasteiger partial charge in [0.2, 0.25) is 5.91 Å². The van der Waals surface area contributed by atoms with E-state index < -0.39 is 18.5 Å². The number of halogens is 3. The first-order chi connectivity index (χ1) is 7.47. The molecule has 88 valence electrons. The highest BCUT2D eigenvalue weighted by Gasteiger charge is 2.36. The van der Waals surface area contributed by atoms with E-state index in [1.54, 1.807) is 0 Å². The minimum absolute atomic E-state index is 0.0838. The molecular weight excluding hydrogens is 227 g/mol. The van der Waals surface area contributed by atoms with Crippen molar-refractivity contribution >= 4 is 11.9 Å². The number of hydrogen-bond donors (Lipinski definition) is 0. The summed E-state index contributed by atoms with van der Waals surface area (Å²) in [6.07, 6.45) is -5.45. The van der Waals surface area contributed by atoms with Gasteiger partial charge in [-0.05, 0) is 16.8 Å². The maximum Gasteiger partial charge on any atom is 0.397 e. The summed E-state index contributed by atoms with van der Waals surface area (Å²) in [4.78, 5) is 12.3. The van der Waals surface area contributed by atoms with Crippen LogP contribution < -0.4 is 4.90 Å². The van der Waals surface area contributed by atoms with Crippen LogP contribution in [-0.2, 0) is 11.3 Å². The Morgan fingerprint density at radius 2 is 2.12 bits per heavy atom. The lowest BCUT2D eigenvalue weighted by Crippen LogP contribution is -2.40. The van der Waals surface area contributed by atoms with E-state index in [9.17, 15) is 18.0 Å². The zero-order chi connectivity index (χ0) is 11.8. The molecule has 16 heavy (non-hydrogen) atoms. The summed E-state index contributed by atoms with van der Waals surface area (Å²) in [6.45, 7) is 0.730. The molecule has 2 heterocycles. The fraction of sp³-hybridized carbons (Fsp3) is 0.714. The van der Waals surface area contributed by atoms with Crippen molar-refractivity contribution in [2.24, 2.45) is 0 Å². The maximum absolute atomic E-state index is 12.1. The van der Waals surface area contributed by atoms with E-state index in [0.717, 1.165) is 4.90 Å². The van der Waals surface area contributed by atoms with E-state index in [2.05, 4.69) is 15.5 Å². The summed E-state index contributed by atoms with van der Waals surface area (Å²) in [7, 11) is 0. The van der Waals surface area contributed by atoms with E-state index in [0.29, 0.717) is 13.0 Å². The van der Waals surface area contributed by atoms with Gasteiger partial charge >= 0.3 is 6.18 Å². The zero-order valence-corrected chi connectivity index (χ0v) is 8.11. The topological polar surface area (TPSA) is 63.9 Å². The quantitative estimate of drug-likeness (QED) is 0.705. The van der Waals surface area contributed by atoms with E-state index in [1.165, 1.54) is 4.68 Å². The van der Waals surface area contributed by atoms with Crippen LogP contribution in [0.2, 0.25) is 0 Å². The second-order valence-corrected chi connectivity index (χ2v) is 3.39. The number of carbonyl (C=O) groups excluding carboxylic acids is 1. The molecule has 0 bridgehead atoms. The van der Waals surface area contributed by atoms with Crippen molar-refractivity contribution < 1.29 is 18.0 Å². The van der Waals surface area contributed by atoms with Crippen molar-refractivity contribution in [3.05, 3.63) is 0 Å². The molecule has 1 amide bonds. The monoisotopic (exact) mass is 235 g/mol. The Bertz CT molecular complexity index is 401. The molecule has 6 nitrogen and oxygen atoms in total. The third-order valence-electron chi connectivity index (χ3n) is 2.16. The largest absolute Gasteiger partial charge is 0.397 e. The third kappa shape index (κ3) is 2.12. The number of alkyl halides is 3. The lowest BCUT2D eigenvalue weighted by atomic mass is 10.3. The Labute approximate surface area is 88.0 Å². The Hall–Kier alpha value is -1.67. The Morgan fingerprint density at radius 1 is 1.38 bits per heavy atom. The van der Waals surface area contributed by atoms with Crippen LogP contribution in [0, 0.1) is 0 Å². The Kier molecular flexibility index (Phi) is 2.52. The molecule has 0 N–H and O–H groups in total. The molecule has 1 aromatic heterocycles. The predicted octanol–water partition coefficient (Wildman–Crippen LogP) is 0.362. The number of anilines is 1. The third-order valence-corrected chi connectivity index (χ3v) is 2.16. The van der Waals surface area contributed by atoms with Gasteiger partial charge in [0.05, 0.1) is 0 Å². The molecule has 9 heteroatoms. The summed E-state index contributed by atoms with van der Waals surface area (Å²) in [5.41, 5.74) is 0. The van der Waals surface area contributed by atoms with Gasteiger partial charge in [0, 0.05) is 13.1 Å². The number of aryl methyl sites for hydroxylation is 1. The summed E-state index contributed by atoms with van der Waals surface area (Å²) in [6, 6.07) is 0. The molecule has 0 unspecified atom stereocenters. The molecule has 0 aromatic carbocycles. The highest BCUT2D eigenvalue weighted by Crippen LogP contribution is 2.24. The van der Waals surface area contributed by atoms with Crippen molar-refractivity contribution in [2.45, 2.75) is 25.6 Å². The van der Waals surface area contributed by atoms with Crippen LogP contribution in [0.1, 0.15) is 12.8 Å². The second-order valence-electron chi connectivity index (χ2n) is 3.39. The van der Waals surface area contributed by atoms with Gasteiger partial charge < -0.3 is 0 Å². The molecule has 1 aliphatic rings. The number of rotatable bonds is 1. The summed E-state index contributed by atoms with van der Waals surface area (Å²) < 4.78 is 37.5. The maximum atomic E-state index is 12.1. The number of nitrogens with zero attached hydrogens (tertiary/aromatic N) is 5. The summed E-state index contributed by atoms with van der Waals surface area (Å²) >= 11 is 0. The molecule has 1 aromatic rings. The molecule has 0 atom stereocenters. The molecule has 0 spiro atoms. The van der Waals surface area contributed by atoms with Gasteiger partial charge in [-0.15, -0.1) is 0 Å². The van der Waals surface area contributed by atoms with Crippen molar-refractivity contribution in [1.29, 1.82) is 0 Å². The van der Waals surface area contributed by atoms with Gasteiger partial charge in [0.1, 0.15) is 6.42 Å². The van der Waals surface area contributed by atoms with E-state index >= 15 is 0 Å². The molecule has 0 radical (unpaired) electrons. The molecular formula is C7H8F3N5O. The van der Waals surface area contributed by atoms with Gasteiger partial charge in [-0.3, -0.25) is 9.69 Å². The Morgan fingerprint density at radius 3 is 2.81 bits per heavy atom. The summed E-state index contributed by atoms with van der Waals surface area (Å²) in [5.74, 6) is -0.941. The average Bonchev–Trinajstić information content (AvgIpc) is 2.61. The Balaban J connectivity index is 2.15. The second kappa shape index (κ2) is 3.72. The average molecular weight is 235 g/mol. The van der Waals surface area contributed by atoms with Gasteiger partial charge in [-0.1, -0.05) is 5.10 Å². The fourth-order valence-corrected chi connectivity index (χ4v) is 1.52. The van der Waals surface area contributed by atoms with Crippen molar-refractivity contribution in [3.63, 3.8) is 0 Å². The van der Waals surface area contributed by atoms with Gasteiger partial charge in [-0.2, -0.15) is 13.2 Å². The molecule has 0 fully saturated rings. The van der Waals surface area contributed by atoms with E-state index in [-0.39, 0.29) is 12.5 Å². The molecule has 0 saturated carbocycles. The first-order valence-corrected chi connectivity index (χ1v) is 4.61. The SMILES string of the molecule is O=C(CC(F)(F)F)N1CCCn2nnnc21. The van der Waals surface area contributed by atoms with Crippen LogP contribution in [0.15, 0.2) is 0 Å². The van der Waals surface area contributed by atoms with Crippen LogP contribution in [0.5, 0.6) is 0 Å².